The smallest absolute Gasteiger partial charge is 0.261 e. The van der Waals surface area contributed by atoms with Crippen LogP contribution >= 0.6 is 0 Å². The molecule has 0 bridgehead atoms. The molecule has 2 aliphatic rings. The van der Waals surface area contributed by atoms with Crippen molar-refractivity contribution in [3.63, 3.8) is 0 Å². The summed E-state index contributed by atoms with van der Waals surface area (Å²) in [6.45, 7) is 2.83. The summed E-state index contributed by atoms with van der Waals surface area (Å²) in [5.41, 5.74) is 3.52. The summed E-state index contributed by atoms with van der Waals surface area (Å²) in [6.07, 6.45) is 6.63. The van der Waals surface area contributed by atoms with Gasteiger partial charge in [0.1, 0.15) is 22.8 Å². The number of hydrogen-bond donors (Lipinski definition) is 2. The summed E-state index contributed by atoms with van der Waals surface area (Å²) in [5.74, 6) is -0.100. The van der Waals surface area contributed by atoms with Crippen LogP contribution in [0.3, 0.4) is 0 Å². The number of pyridine rings is 2. The zero-order valence-electron chi connectivity index (χ0n) is 20.8. The Bertz CT molecular complexity index is 1630. The van der Waals surface area contributed by atoms with E-state index in [1.807, 2.05) is 31.3 Å². The maximum Gasteiger partial charge on any atom is 0.261 e. The van der Waals surface area contributed by atoms with Crippen LogP contribution in [0, 0.1) is 11.7 Å². The van der Waals surface area contributed by atoms with Gasteiger partial charge in [-0.2, -0.15) is 0 Å². The van der Waals surface area contributed by atoms with E-state index in [-0.39, 0.29) is 29.2 Å². The van der Waals surface area contributed by atoms with E-state index in [0.717, 1.165) is 35.8 Å². The van der Waals surface area contributed by atoms with Gasteiger partial charge in [-0.3, -0.25) is 19.3 Å². The highest BCUT2D eigenvalue weighted by atomic mass is 19.1. The average Bonchev–Trinajstić information content (AvgIpc) is 3.64. The minimum absolute atomic E-state index is 0.00998. The van der Waals surface area contributed by atoms with Crippen molar-refractivity contribution in [2.45, 2.75) is 25.8 Å². The van der Waals surface area contributed by atoms with E-state index in [0.29, 0.717) is 35.8 Å². The van der Waals surface area contributed by atoms with Gasteiger partial charge in [0.05, 0.1) is 0 Å². The minimum atomic E-state index is -0.485. The molecule has 192 valence electrons. The molecule has 38 heavy (non-hydrogen) atoms. The second-order valence-electron chi connectivity index (χ2n) is 9.90. The number of anilines is 1. The Balaban J connectivity index is 1.27. The van der Waals surface area contributed by atoms with Gasteiger partial charge in [-0.1, -0.05) is 13.0 Å². The van der Waals surface area contributed by atoms with Crippen LogP contribution in [-0.4, -0.2) is 51.3 Å². The van der Waals surface area contributed by atoms with Gasteiger partial charge in [0.15, 0.2) is 0 Å². The van der Waals surface area contributed by atoms with E-state index in [4.69, 9.17) is 0 Å². The number of carbonyl (C=O) groups is 2. The molecule has 1 aromatic carbocycles. The van der Waals surface area contributed by atoms with Gasteiger partial charge in [0.25, 0.3) is 11.5 Å². The number of carbonyl (C=O) groups excluding carboxylic acids is 2. The zero-order chi connectivity index (χ0) is 26.4. The van der Waals surface area contributed by atoms with Crippen molar-refractivity contribution in [2.24, 2.45) is 5.92 Å². The lowest BCUT2D eigenvalue weighted by atomic mass is 9.89. The number of H-pyrrole nitrogens is 2. The molecule has 0 saturated heterocycles. The molecular weight excluding hydrogens is 485 g/mol. The molecule has 3 aromatic heterocycles. The second-order valence-corrected chi connectivity index (χ2v) is 9.90. The number of aromatic nitrogens is 3. The van der Waals surface area contributed by atoms with Crippen LogP contribution in [0.25, 0.3) is 27.9 Å². The van der Waals surface area contributed by atoms with Crippen molar-refractivity contribution in [3.05, 3.63) is 88.1 Å². The first kappa shape index (κ1) is 23.8. The van der Waals surface area contributed by atoms with Gasteiger partial charge in [-0.25, -0.2) is 9.37 Å². The Morgan fingerprint density at radius 2 is 1.95 bits per heavy atom. The normalized spacial score (nSPS) is 17.4. The lowest BCUT2D eigenvalue weighted by Crippen LogP contribution is -2.40. The Morgan fingerprint density at radius 1 is 1.16 bits per heavy atom. The van der Waals surface area contributed by atoms with Crippen LogP contribution in [-0.2, 0) is 4.79 Å². The molecule has 2 amide bonds. The SMILES string of the molecule is CC1CN(C(=O)c2ccc(-c3ccc(F)cc3)[nH]c2=O)CC=C1c1cc(N(C=O)C2CC2)nc2[nH]ccc12. The number of benzene rings is 1. The largest absolute Gasteiger partial charge is 0.346 e. The monoisotopic (exact) mass is 511 g/mol. The molecule has 1 fully saturated rings. The van der Waals surface area contributed by atoms with Crippen LogP contribution in [0.2, 0.25) is 0 Å². The maximum atomic E-state index is 13.3. The van der Waals surface area contributed by atoms with Crippen LogP contribution < -0.4 is 10.5 Å². The van der Waals surface area contributed by atoms with Crippen molar-refractivity contribution in [2.75, 3.05) is 18.0 Å². The van der Waals surface area contributed by atoms with Gasteiger partial charge in [0.2, 0.25) is 6.41 Å². The summed E-state index contributed by atoms with van der Waals surface area (Å²) >= 11 is 0. The third kappa shape index (κ3) is 4.30. The van der Waals surface area contributed by atoms with Crippen LogP contribution in [0.15, 0.2) is 65.6 Å². The molecule has 1 aliphatic heterocycles. The van der Waals surface area contributed by atoms with Crippen LogP contribution in [0.5, 0.6) is 0 Å². The zero-order valence-corrected chi connectivity index (χ0v) is 20.8. The van der Waals surface area contributed by atoms with Gasteiger partial charge < -0.3 is 14.9 Å². The number of rotatable bonds is 6. The van der Waals surface area contributed by atoms with Gasteiger partial charge in [-0.05, 0) is 84.0 Å². The molecule has 8 nitrogen and oxygen atoms in total. The van der Waals surface area contributed by atoms with Crippen molar-refractivity contribution in [3.8, 4) is 11.3 Å². The first-order chi connectivity index (χ1) is 18.4. The topological polar surface area (TPSA) is 102 Å². The lowest BCUT2D eigenvalue weighted by Gasteiger charge is -2.32. The molecule has 1 atom stereocenters. The van der Waals surface area contributed by atoms with Crippen molar-refractivity contribution >= 4 is 34.7 Å². The van der Waals surface area contributed by atoms with E-state index >= 15 is 0 Å². The third-order valence-electron chi connectivity index (χ3n) is 7.28. The molecule has 4 heterocycles. The molecule has 4 aromatic rings. The molecular formula is C29H26FN5O3. The molecule has 9 heteroatoms. The third-order valence-corrected chi connectivity index (χ3v) is 7.28. The van der Waals surface area contributed by atoms with E-state index < -0.39 is 5.56 Å². The first-order valence-electron chi connectivity index (χ1n) is 12.6. The highest BCUT2D eigenvalue weighted by Gasteiger charge is 2.32. The summed E-state index contributed by atoms with van der Waals surface area (Å²) in [6, 6.07) is 13.1. The van der Waals surface area contributed by atoms with E-state index in [9.17, 15) is 18.8 Å². The molecule has 1 unspecified atom stereocenters. The number of hydrogen-bond acceptors (Lipinski definition) is 4. The Hall–Kier alpha value is -4.53. The standard InChI is InChI=1S/C29H26FN5O3/c1-17-15-34(29(38)23-8-9-25(32-28(23)37)18-2-4-19(30)5-3-18)13-11-21(17)24-14-26(35(16-36)20-6-7-20)33-27-22(24)10-12-31-27/h2-5,8-12,14,16-17,20H,6-7,13,15H2,1H3,(H,31,33)(H,32,37). The fourth-order valence-corrected chi connectivity index (χ4v) is 5.14. The summed E-state index contributed by atoms with van der Waals surface area (Å²) in [7, 11) is 0. The summed E-state index contributed by atoms with van der Waals surface area (Å²) in [4.78, 5) is 51.8. The number of nitrogens with one attached hydrogen (secondary N) is 2. The van der Waals surface area contributed by atoms with Crippen LogP contribution in [0.4, 0.5) is 10.2 Å². The minimum Gasteiger partial charge on any atom is -0.346 e. The van der Waals surface area contributed by atoms with E-state index in [2.05, 4.69) is 15.0 Å². The number of halogens is 1. The summed E-state index contributed by atoms with van der Waals surface area (Å²) in [5, 5.41) is 0.959. The first-order valence-corrected chi connectivity index (χ1v) is 12.6. The van der Waals surface area contributed by atoms with Gasteiger partial charge in [0, 0.05) is 36.4 Å². The van der Waals surface area contributed by atoms with Crippen molar-refractivity contribution in [1.29, 1.82) is 0 Å². The molecule has 0 spiro atoms. The average molecular weight is 512 g/mol. The highest BCUT2D eigenvalue weighted by molar-refractivity contribution is 5.97. The number of nitrogens with zero attached hydrogens (tertiary/aromatic N) is 3. The molecule has 1 saturated carbocycles. The quantitative estimate of drug-likeness (QED) is 0.376. The fraction of sp³-hybridized carbons (Fsp3) is 0.241. The van der Waals surface area contributed by atoms with Crippen molar-refractivity contribution in [1.82, 2.24) is 19.9 Å². The van der Waals surface area contributed by atoms with E-state index in [1.165, 1.54) is 18.2 Å². The molecule has 2 N–H and O–H groups in total. The van der Waals surface area contributed by atoms with Gasteiger partial charge in [-0.15, -0.1) is 0 Å². The Kier molecular flexibility index (Phi) is 5.90. The van der Waals surface area contributed by atoms with Crippen LogP contribution in [0.1, 0.15) is 35.7 Å². The maximum absolute atomic E-state index is 13.3. The Morgan fingerprint density at radius 3 is 2.63 bits per heavy atom. The van der Waals surface area contributed by atoms with E-state index in [1.54, 1.807) is 28.0 Å². The number of fused-ring (bicyclic) bond motifs is 1. The number of amides is 2. The lowest BCUT2D eigenvalue weighted by molar-refractivity contribution is -0.107. The fourth-order valence-electron chi connectivity index (χ4n) is 5.14. The van der Waals surface area contributed by atoms with Gasteiger partial charge >= 0.3 is 0 Å². The molecule has 0 radical (unpaired) electrons. The summed E-state index contributed by atoms with van der Waals surface area (Å²) < 4.78 is 13.2. The predicted molar refractivity (Wildman–Crippen MR) is 143 cm³/mol. The molecule has 1 aliphatic carbocycles. The number of aromatic amines is 2. The Labute approximate surface area is 217 Å². The molecule has 6 rings (SSSR count). The van der Waals surface area contributed by atoms with Crippen molar-refractivity contribution < 1.29 is 14.0 Å². The highest BCUT2D eigenvalue weighted by Crippen LogP contribution is 2.37. The second kappa shape index (κ2) is 9.41. The predicted octanol–water partition coefficient (Wildman–Crippen LogP) is 4.36.